The number of fused-ring (bicyclic) bond motifs is 3. The molecule has 0 aliphatic heterocycles. The average molecular weight is 538 g/mol. The topological polar surface area (TPSA) is 128 Å². The van der Waals surface area contributed by atoms with E-state index in [9.17, 15) is 4.79 Å². The zero-order valence-electron chi connectivity index (χ0n) is 22.0. The zero-order valence-corrected chi connectivity index (χ0v) is 22.8. The summed E-state index contributed by atoms with van der Waals surface area (Å²) < 4.78 is 2.79. The highest BCUT2D eigenvalue weighted by Gasteiger charge is 2.21. The van der Waals surface area contributed by atoms with Crippen molar-refractivity contribution >= 4 is 66.2 Å². The van der Waals surface area contributed by atoms with Crippen LogP contribution in [-0.2, 0) is 11.3 Å². The molecule has 196 valence electrons. The van der Waals surface area contributed by atoms with Crippen molar-refractivity contribution < 1.29 is 4.79 Å². The fourth-order valence-corrected chi connectivity index (χ4v) is 5.55. The van der Waals surface area contributed by atoms with Crippen molar-refractivity contribution in [2.24, 2.45) is 0 Å². The lowest BCUT2D eigenvalue weighted by molar-refractivity contribution is -0.114. The maximum Gasteiger partial charge on any atom is 0.223 e. The fourth-order valence-electron chi connectivity index (χ4n) is 4.60. The molecule has 0 fully saturated rings. The number of amides is 1. The van der Waals surface area contributed by atoms with Gasteiger partial charge in [0.05, 0.1) is 27.7 Å². The molecule has 6 aromatic rings. The largest absolute Gasteiger partial charge is 0.383 e. The van der Waals surface area contributed by atoms with Gasteiger partial charge in [0, 0.05) is 36.5 Å². The second kappa shape index (κ2) is 9.59. The summed E-state index contributed by atoms with van der Waals surface area (Å²) in [5, 5.41) is 10.1. The molecule has 0 spiro atoms. The van der Waals surface area contributed by atoms with Crippen LogP contribution in [0.1, 0.15) is 26.3 Å². The highest BCUT2D eigenvalue weighted by molar-refractivity contribution is 7.22. The lowest BCUT2D eigenvalue weighted by Crippen LogP contribution is -2.28. The standard InChI is InChI=1S/C28H27N9OS/c1-15(2)36(4)26-19(11-17-7-5-6-8-20(17)33-26)13-37-27-23(25(29)30-14-31-27)24(35-37)18-9-10-21-22(12-18)39-28(34-21)32-16(3)38/h5-12,14-15H,13H2,1-4H3,(H2,29,30,31)(H,32,34,38). The molecule has 3 N–H and O–H groups in total. The third kappa shape index (κ3) is 4.50. The summed E-state index contributed by atoms with van der Waals surface area (Å²) in [6, 6.07) is 16.4. The first-order valence-corrected chi connectivity index (χ1v) is 13.4. The van der Waals surface area contributed by atoms with E-state index in [-0.39, 0.29) is 11.9 Å². The molecular formula is C28H27N9OS. The molecule has 6 rings (SSSR count). The third-order valence-corrected chi connectivity index (χ3v) is 7.65. The molecule has 4 heterocycles. The number of benzene rings is 2. The number of carbonyl (C=O) groups excluding carboxylic acids is 1. The van der Waals surface area contributed by atoms with Crippen LogP contribution in [0.5, 0.6) is 0 Å². The van der Waals surface area contributed by atoms with Crippen molar-refractivity contribution in [1.82, 2.24) is 29.7 Å². The molecule has 11 heteroatoms. The second-order valence-corrected chi connectivity index (χ2v) is 10.7. The summed E-state index contributed by atoms with van der Waals surface area (Å²) >= 11 is 1.41. The third-order valence-electron chi connectivity index (χ3n) is 6.71. The van der Waals surface area contributed by atoms with Crippen LogP contribution in [0.4, 0.5) is 16.8 Å². The Labute approximate surface area is 228 Å². The Hall–Kier alpha value is -4.64. The minimum absolute atomic E-state index is 0.158. The van der Waals surface area contributed by atoms with Crippen LogP contribution >= 0.6 is 11.3 Å². The number of anilines is 3. The smallest absolute Gasteiger partial charge is 0.223 e. The van der Waals surface area contributed by atoms with E-state index in [2.05, 4.69) is 58.2 Å². The van der Waals surface area contributed by atoms with Crippen LogP contribution in [0.25, 0.3) is 43.4 Å². The Balaban J connectivity index is 1.49. The lowest BCUT2D eigenvalue weighted by Gasteiger charge is -2.25. The first-order chi connectivity index (χ1) is 18.8. The van der Waals surface area contributed by atoms with Gasteiger partial charge in [0.1, 0.15) is 23.7 Å². The fraction of sp³-hybridized carbons (Fsp3) is 0.214. The molecule has 4 aromatic heterocycles. The summed E-state index contributed by atoms with van der Waals surface area (Å²) in [7, 11) is 2.05. The molecule has 2 aromatic carbocycles. The van der Waals surface area contributed by atoms with Crippen molar-refractivity contribution in [3.05, 3.63) is 60.4 Å². The van der Waals surface area contributed by atoms with Gasteiger partial charge in [-0.15, -0.1) is 0 Å². The molecule has 0 aliphatic rings. The highest BCUT2D eigenvalue weighted by Crippen LogP contribution is 2.35. The van der Waals surface area contributed by atoms with Crippen LogP contribution in [0.15, 0.2) is 54.9 Å². The Bertz CT molecular complexity index is 1870. The van der Waals surface area contributed by atoms with Gasteiger partial charge in [0.15, 0.2) is 10.8 Å². The van der Waals surface area contributed by atoms with Gasteiger partial charge in [-0.25, -0.2) is 24.6 Å². The lowest BCUT2D eigenvalue weighted by atomic mass is 10.1. The van der Waals surface area contributed by atoms with Gasteiger partial charge in [-0.1, -0.05) is 35.6 Å². The van der Waals surface area contributed by atoms with E-state index < -0.39 is 0 Å². The number of nitrogens with zero attached hydrogens (tertiary/aromatic N) is 7. The minimum atomic E-state index is -0.158. The number of hydrogen-bond donors (Lipinski definition) is 2. The maximum atomic E-state index is 11.5. The van der Waals surface area contributed by atoms with Gasteiger partial charge >= 0.3 is 0 Å². The Kier molecular flexibility index (Phi) is 6.07. The van der Waals surface area contributed by atoms with E-state index in [1.54, 1.807) is 0 Å². The Morgan fingerprint density at radius 3 is 2.72 bits per heavy atom. The number of carbonyl (C=O) groups is 1. The Morgan fingerprint density at radius 1 is 1.10 bits per heavy atom. The molecule has 0 radical (unpaired) electrons. The number of pyridine rings is 1. The molecule has 39 heavy (non-hydrogen) atoms. The molecule has 0 atom stereocenters. The van der Waals surface area contributed by atoms with Crippen LogP contribution in [0.2, 0.25) is 0 Å². The zero-order chi connectivity index (χ0) is 27.3. The average Bonchev–Trinajstić information content (AvgIpc) is 3.48. The number of nitrogens with two attached hydrogens (primary N) is 1. The SMILES string of the molecule is CC(=O)Nc1nc2ccc(-c3nn(Cc4cc5ccccc5nc4N(C)C(C)C)c4ncnc(N)c34)cc2s1. The number of para-hydroxylation sites is 1. The highest BCUT2D eigenvalue weighted by atomic mass is 32.1. The predicted octanol–water partition coefficient (Wildman–Crippen LogP) is 5.08. The van der Waals surface area contributed by atoms with Gasteiger partial charge < -0.3 is 16.0 Å². The predicted molar refractivity (Wildman–Crippen MR) is 157 cm³/mol. The van der Waals surface area contributed by atoms with Gasteiger partial charge in [-0.05, 0) is 38.1 Å². The number of nitrogens with one attached hydrogen (secondary N) is 1. The van der Waals surface area contributed by atoms with E-state index in [4.69, 9.17) is 15.8 Å². The normalized spacial score (nSPS) is 11.6. The van der Waals surface area contributed by atoms with Crippen LogP contribution in [-0.4, -0.2) is 48.7 Å². The van der Waals surface area contributed by atoms with E-state index in [1.807, 2.05) is 41.1 Å². The molecule has 0 saturated heterocycles. The number of nitrogen functional groups attached to an aromatic ring is 1. The van der Waals surface area contributed by atoms with Crippen molar-refractivity contribution in [3.8, 4) is 11.3 Å². The minimum Gasteiger partial charge on any atom is -0.383 e. The molecule has 0 aliphatic carbocycles. The Morgan fingerprint density at radius 2 is 1.92 bits per heavy atom. The van der Waals surface area contributed by atoms with Crippen LogP contribution in [0, 0.1) is 0 Å². The number of aromatic nitrogens is 6. The van der Waals surface area contributed by atoms with Crippen LogP contribution in [0.3, 0.4) is 0 Å². The number of thiazole rings is 1. The van der Waals surface area contributed by atoms with Gasteiger partial charge in [-0.2, -0.15) is 5.10 Å². The van der Waals surface area contributed by atoms with E-state index in [0.717, 1.165) is 38.1 Å². The van der Waals surface area contributed by atoms with E-state index in [0.29, 0.717) is 34.2 Å². The maximum absolute atomic E-state index is 11.5. The monoisotopic (exact) mass is 537 g/mol. The first kappa shape index (κ1) is 24.7. The van der Waals surface area contributed by atoms with Crippen molar-refractivity contribution in [1.29, 1.82) is 0 Å². The van der Waals surface area contributed by atoms with Crippen LogP contribution < -0.4 is 16.0 Å². The summed E-state index contributed by atoms with van der Waals surface area (Å²) in [4.78, 5) is 32.0. The summed E-state index contributed by atoms with van der Waals surface area (Å²) in [5.74, 6) is 1.10. The first-order valence-electron chi connectivity index (χ1n) is 12.6. The van der Waals surface area contributed by atoms with Crippen molar-refractivity contribution in [2.75, 3.05) is 23.0 Å². The summed E-state index contributed by atoms with van der Waals surface area (Å²) in [5.41, 5.74) is 11.3. The van der Waals surface area contributed by atoms with E-state index in [1.165, 1.54) is 24.6 Å². The van der Waals surface area contributed by atoms with Gasteiger partial charge in [0.25, 0.3) is 0 Å². The quantitative estimate of drug-likeness (QED) is 0.301. The van der Waals surface area contributed by atoms with Gasteiger partial charge in [0.2, 0.25) is 5.91 Å². The molecule has 0 unspecified atom stereocenters. The molecule has 10 nitrogen and oxygen atoms in total. The molecule has 0 bridgehead atoms. The second-order valence-electron chi connectivity index (χ2n) is 9.71. The summed E-state index contributed by atoms with van der Waals surface area (Å²) in [6.07, 6.45) is 1.46. The van der Waals surface area contributed by atoms with E-state index >= 15 is 0 Å². The number of rotatable bonds is 6. The van der Waals surface area contributed by atoms with Crippen molar-refractivity contribution in [3.63, 3.8) is 0 Å². The van der Waals surface area contributed by atoms with Crippen molar-refractivity contribution in [2.45, 2.75) is 33.4 Å². The van der Waals surface area contributed by atoms with Gasteiger partial charge in [-0.3, -0.25) is 4.79 Å². The molecule has 1 amide bonds. The number of hydrogen-bond acceptors (Lipinski definition) is 9. The molecule has 0 saturated carbocycles. The summed E-state index contributed by atoms with van der Waals surface area (Å²) in [6.45, 7) is 6.20. The molecular weight excluding hydrogens is 510 g/mol.